The van der Waals surface area contributed by atoms with Crippen LogP contribution in [-0.4, -0.2) is 32.7 Å². The van der Waals surface area contributed by atoms with E-state index in [9.17, 15) is 13.2 Å². The lowest BCUT2D eigenvalue weighted by atomic mass is 10.2. The summed E-state index contributed by atoms with van der Waals surface area (Å²) in [5.74, 6) is -0.289. The number of carboxylic acids is 1. The van der Waals surface area contributed by atoms with Crippen molar-refractivity contribution in [2.24, 2.45) is 0 Å². The summed E-state index contributed by atoms with van der Waals surface area (Å²) < 4.78 is 38.2. The van der Waals surface area contributed by atoms with Crippen molar-refractivity contribution in [1.29, 1.82) is 0 Å². The molecular formula is C21H18ClNO6S. The number of ether oxygens (including phenoxy) is 2. The van der Waals surface area contributed by atoms with Gasteiger partial charge in [0, 0.05) is 10.7 Å². The summed E-state index contributed by atoms with van der Waals surface area (Å²) in [4.78, 5) is 11.2. The Balaban J connectivity index is 1.52. The van der Waals surface area contributed by atoms with E-state index >= 15 is 0 Å². The molecule has 0 spiro atoms. The number of carboxylic acid groups (broad SMARTS) is 1. The predicted octanol–water partition coefficient (Wildman–Crippen LogP) is 4.30. The summed E-state index contributed by atoms with van der Waals surface area (Å²) >= 11 is 5.78. The lowest BCUT2D eigenvalue weighted by Gasteiger charge is -2.11. The van der Waals surface area contributed by atoms with Crippen molar-refractivity contribution in [2.45, 2.75) is 4.90 Å². The normalized spacial score (nSPS) is 11.0. The summed E-state index contributed by atoms with van der Waals surface area (Å²) in [6.07, 6.45) is 0. The molecule has 2 N–H and O–H groups in total. The highest BCUT2D eigenvalue weighted by atomic mass is 35.5. The third-order valence-electron chi connectivity index (χ3n) is 3.96. The van der Waals surface area contributed by atoms with Crippen molar-refractivity contribution < 1.29 is 27.8 Å². The van der Waals surface area contributed by atoms with Crippen LogP contribution in [0.2, 0.25) is 5.02 Å². The molecule has 0 atom stereocenters. The third kappa shape index (κ3) is 5.65. The summed E-state index contributed by atoms with van der Waals surface area (Å²) in [6, 6.07) is 18.6. The van der Waals surface area contributed by atoms with E-state index in [0.717, 1.165) is 0 Å². The van der Waals surface area contributed by atoms with Gasteiger partial charge in [0.1, 0.15) is 30.3 Å². The van der Waals surface area contributed by atoms with E-state index in [1.165, 1.54) is 30.3 Å². The van der Waals surface area contributed by atoms with Crippen molar-refractivity contribution >= 4 is 33.3 Å². The number of anilines is 1. The molecule has 0 aliphatic heterocycles. The molecular weight excluding hydrogens is 430 g/mol. The van der Waals surface area contributed by atoms with Crippen molar-refractivity contribution in [2.75, 3.05) is 17.9 Å². The molecule has 0 unspecified atom stereocenters. The molecule has 0 saturated heterocycles. The molecule has 0 fully saturated rings. The van der Waals surface area contributed by atoms with Crippen molar-refractivity contribution in [3.05, 3.63) is 83.4 Å². The highest BCUT2D eigenvalue weighted by Gasteiger charge is 2.14. The van der Waals surface area contributed by atoms with E-state index in [2.05, 4.69) is 4.72 Å². The third-order valence-corrected chi connectivity index (χ3v) is 5.61. The molecule has 0 bridgehead atoms. The molecule has 0 amide bonds. The average molecular weight is 448 g/mol. The number of sulfonamides is 1. The van der Waals surface area contributed by atoms with E-state index < -0.39 is 16.0 Å². The van der Waals surface area contributed by atoms with Gasteiger partial charge in [0.2, 0.25) is 0 Å². The second-order valence-corrected chi connectivity index (χ2v) is 8.20. The van der Waals surface area contributed by atoms with Gasteiger partial charge in [-0.15, -0.1) is 0 Å². The molecule has 7 nitrogen and oxygen atoms in total. The van der Waals surface area contributed by atoms with Crippen LogP contribution in [0.25, 0.3) is 0 Å². The second kappa shape index (κ2) is 9.51. The Morgan fingerprint density at radius 2 is 1.53 bits per heavy atom. The molecule has 0 radical (unpaired) electrons. The predicted molar refractivity (Wildman–Crippen MR) is 113 cm³/mol. The highest BCUT2D eigenvalue weighted by Crippen LogP contribution is 2.21. The first kappa shape index (κ1) is 21.5. The number of rotatable bonds is 9. The summed E-state index contributed by atoms with van der Waals surface area (Å²) in [5, 5.41) is 9.58. The molecule has 0 aliphatic rings. The van der Waals surface area contributed by atoms with Crippen LogP contribution in [0, 0.1) is 0 Å². The maximum absolute atomic E-state index is 12.4. The Morgan fingerprint density at radius 1 is 0.900 bits per heavy atom. The zero-order valence-electron chi connectivity index (χ0n) is 15.6. The maximum atomic E-state index is 12.4. The number of carbonyl (C=O) groups is 1. The van der Waals surface area contributed by atoms with E-state index in [0.29, 0.717) is 16.5 Å². The largest absolute Gasteiger partial charge is 0.490 e. The average Bonchev–Trinajstić information content (AvgIpc) is 2.72. The van der Waals surface area contributed by atoms with Crippen molar-refractivity contribution in [3.8, 4) is 11.5 Å². The number of hydrogen-bond donors (Lipinski definition) is 2. The number of hydrogen-bond acceptors (Lipinski definition) is 5. The van der Waals surface area contributed by atoms with Gasteiger partial charge in [0.25, 0.3) is 10.0 Å². The fraction of sp³-hybridized carbons (Fsp3) is 0.0952. The van der Waals surface area contributed by atoms with E-state index in [1.54, 1.807) is 42.5 Å². The zero-order valence-corrected chi connectivity index (χ0v) is 17.2. The minimum atomic E-state index is -3.72. The molecule has 0 saturated carbocycles. The molecule has 0 aliphatic carbocycles. The number of para-hydroxylation sites is 1. The lowest BCUT2D eigenvalue weighted by Crippen LogP contribution is -2.13. The van der Waals surface area contributed by atoms with Gasteiger partial charge in [-0.1, -0.05) is 23.7 Å². The van der Waals surface area contributed by atoms with Crippen LogP contribution >= 0.6 is 11.6 Å². The van der Waals surface area contributed by atoms with E-state index in [-0.39, 0.29) is 29.4 Å². The summed E-state index contributed by atoms with van der Waals surface area (Å²) in [7, 11) is -3.72. The monoisotopic (exact) mass is 447 g/mol. The summed E-state index contributed by atoms with van der Waals surface area (Å²) in [5.41, 5.74) is 0.457. The molecule has 0 aromatic heterocycles. The Hall–Kier alpha value is -3.23. The van der Waals surface area contributed by atoms with Crippen LogP contribution in [0.1, 0.15) is 10.4 Å². The number of aromatic carboxylic acids is 1. The molecule has 9 heteroatoms. The van der Waals surface area contributed by atoms with Gasteiger partial charge in [0.15, 0.2) is 0 Å². The van der Waals surface area contributed by atoms with E-state index in [1.807, 2.05) is 0 Å². The van der Waals surface area contributed by atoms with Gasteiger partial charge < -0.3 is 14.6 Å². The van der Waals surface area contributed by atoms with Crippen LogP contribution in [0.15, 0.2) is 77.7 Å². The summed E-state index contributed by atoms with van der Waals surface area (Å²) in [6.45, 7) is 0.332. The zero-order chi connectivity index (χ0) is 21.6. The van der Waals surface area contributed by atoms with Gasteiger partial charge in [-0.25, -0.2) is 13.2 Å². The molecule has 0 heterocycles. The number of benzene rings is 3. The Kier molecular flexibility index (Phi) is 6.81. The quantitative estimate of drug-likeness (QED) is 0.474. The van der Waals surface area contributed by atoms with Gasteiger partial charge in [-0.05, 0) is 60.7 Å². The van der Waals surface area contributed by atoms with Crippen molar-refractivity contribution in [3.63, 3.8) is 0 Å². The van der Waals surface area contributed by atoms with Crippen LogP contribution in [0.3, 0.4) is 0 Å². The minimum Gasteiger partial charge on any atom is -0.490 e. The minimum absolute atomic E-state index is 0.0785. The van der Waals surface area contributed by atoms with Gasteiger partial charge in [-0.2, -0.15) is 0 Å². The van der Waals surface area contributed by atoms with Crippen LogP contribution in [0.5, 0.6) is 11.5 Å². The standard InChI is InChI=1S/C21H18ClNO6S/c22-15-5-11-18(12-6-15)30(26,27)23-16-7-9-17(10-8-16)28-13-14-29-20-4-2-1-3-19(20)21(24)25/h1-12,23H,13-14H2,(H,24,25). The SMILES string of the molecule is O=C(O)c1ccccc1OCCOc1ccc(NS(=O)(=O)c2ccc(Cl)cc2)cc1. The van der Waals surface area contributed by atoms with Gasteiger partial charge in [-0.3, -0.25) is 4.72 Å². The van der Waals surface area contributed by atoms with Gasteiger partial charge >= 0.3 is 5.97 Å². The Morgan fingerprint density at radius 3 is 2.20 bits per heavy atom. The molecule has 30 heavy (non-hydrogen) atoms. The Bertz CT molecular complexity index is 1110. The van der Waals surface area contributed by atoms with Crippen molar-refractivity contribution in [1.82, 2.24) is 0 Å². The lowest BCUT2D eigenvalue weighted by molar-refractivity contribution is 0.0691. The number of halogens is 1. The molecule has 3 aromatic carbocycles. The fourth-order valence-corrected chi connectivity index (χ4v) is 3.71. The first-order valence-electron chi connectivity index (χ1n) is 8.81. The topological polar surface area (TPSA) is 102 Å². The molecule has 3 aromatic rings. The first-order chi connectivity index (χ1) is 14.3. The smallest absolute Gasteiger partial charge is 0.339 e. The maximum Gasteiger partial charge on any atom is 0.339 e. The second-order valence-electron chi connectivity index (χ2n) is 6.08. The van der Waals surface area contributed by atoms with Gasteiger partial charge in [0.05, 0.1) is 4.90 Å². The molecule has 3 rings (SSSR count). The fourth-order valence-electron chi connectivity index (χ4n) is 2.53. The number of nitrogens with one attached hydrogen (secondary N) is 1. The first-order valence-corrected chi connectivity index (χ1v) is 10.7. The Labute approximate surface area is 178 Å². The van der Waals surface area contributed by atoms with Crippen LogP contribution in [0.4, 0.5) is 5.69 Å². The molecule has 156 valence electrons. The highest BCUT2D eigenvalue weighted by molar-refractivity contribution is 7.92. The van der Waals surface area contributed by atoms with Crippen LogP contribution < -0.4 is 14.2 Å². The van der Waals surface area contributed by atoms with Crippen LogP contribution in [-0.2, 0) is 10.0 Å². The van der Waals surface area contributed by atoms with E-state index in [4.69, 9.17) is 26.2 Å².